The molecular weight excluding hydrogens is 338 g/mol. The van der Waals surface area contributed by atoms with Crippen molar-refractivity contribution < 1.29 is 0 Å². The van der Waals surface area contributed by atoms with Crippen molar-refractivity contribution in [1.82, 2.24) is 4.98 Å². The summed E-state index contributed by atoms with van der Waals surface area (Å²) in [5.74, 6) is 0.172. The lowest BCUT2D eigenvalue weighted by atomic mass is 9.64. The van der Waals surface area contributed by atoms with Crippen LogP contribution in [0.25, 0.3) is 10.9 Å². The first-order valence-electron chi connectivity index (χ1n) is 9.78. The van der Waals surface area contributed by atoms with E-state index in [4.69, 9.17) is 4.98 Å². The number of fused-ring (bicyclic) bond motifs is 1. The molecule has 0 aliphatic rings. The number of allylic oxidation sites excluding steroid dienone is 1. The maximum absolute atomic E-state index is 4.77. The largest absolute Gasteiger partial charge is 0.256 e. The van der Waals surface area contributed by atoms with Crippen LogP contribution in [0.1, 0.15) is 36.0 Å². The van der Waals surface area contributed by atoms with E-state index in [1.165, 1.54) is 22.1 Å². The Labute approximate surface area is 167 Å². The number of aromatic nitrogens is 1. The first kappa shape index (κ1) is 18.2. The summed E-state index contributed by atoms with van der Waals surface area (Å²) < 4.78 is 0. The monoisotopic (exact) mass is 363 g/mol. The van der Waals surface area contributed by atoms with Crippen molar-refractivity contribution in [3.8, 4) is 0 Å². The number of rotatable bonds is 6. The smallest absolute Gasteiger partial charge is 0.0702 e. The summed E-state index contributed by atoms with van der Waals surface area (Å²) in [6, 6.07) is 32.2. The molecule has 138 valence electrons. The molecule has 0 amide bonds. The van der Waals surface area contributed by atoms with Crippen molar-refractivity contribution in [3.05, 3.63) is 127 Å². The molecular formula is C27H25N. The zero-order chi connectivity index (χ0) is 19.4. The highest BCUT2D eigenvalue weighted by molar-refractivity contribution is 5.79. The lowest BCUT2D eigenvalue weighted by molar-refractivity contribution is 0.419. The molecule has 28 heavy (non-hydrogen) atoms. The highest BCUT2D eigenvalue weighted by atomic mass is 14.7. The predicted octanol–water partition coefficient (Wildman–Crippen LogP) is 6.90. The number of para-hydroxylation sites is 1. The van der Waals surface area contributed by atoms with Gasteiger partial charge in [0.15, 0.2) is 0 Å². The predicted molar refractivity (Wildman–Crippen MR) is 119 cm³/mol. The van der Waals surface area contributed by atoms with E-state index < -0.39 is 0 Å². The van der Waals surface area contributed by atoms with Crippen LogP contribution in [0.2, 0.25) is 0 Å². The minimum absolute atomic E-state index is 0.130. The minimum Gasteiger partial charge on any atom is -0.256 e. The second kappa shape index (κ2) is 7.82. The number of nitrogens with zero attached hydrogens (tertiary/aromatic N) is 1. The third-order valence-corrected chi connectivity index (χ3v) is 5.72. The molecule has 0 saturated heterocycles. The third kappa shape index (κ3) is 3.36. The van der Waals surface area contributed by atoms with E-state index in [1.807, 2.05) is 18.3 Å². The molecule has 0 spiro atoms. The van der Waals surface area contributed by atoms with Crippen LogP contribution < -0.4 is 0 Å². The molecule has 0 aliphatic carbocycles. The maximum atomic E-state index is 4.77. The number of hydrogen-bond donors (Lipinski definition) is 0. The van der Waals surface area contributed by atoms with Gasteiger partial charge in [-0.3, -0.25) is 4.98 Å². The van der Waals surface area contributed by atoms with Gasteiger partial charge in [0.25, 0.3) is 0 Å². The molecule has 2 atom stereocenters. The molecule has 4 aromatic rings. The number of pyridine rings is 1. The molecule has 1 aromatic heterocycles. The summed E-state index contributed by atoms with van der Waals surface area (Å²) in [6.45, 7) is 6.42. The van der Waals surface area contributed by atoms with Crippen molar-refractivity contribution in [3.63, 3.8) is 0 Å². The van der Waals surface area contributed by atoms with Crippen LogP contribution >= 0.6 is 0 Å². The summed E-state index contributed by atoms with van der Waals surface area (Å²) in [5, 5.41) is 1.18. The maximum Gasteiger partial charge on any atom is 0.0702 e. The first-order valence-corrected chi connectivity index (χ1v) is 9.78. The van der Waals surface area contributed by atoms with Crippen LogP contribution in [0.4, 0.5) is 0 Å². The molecule has 1 heteroatoms. The fourth-order valence-electron chi connectivity index (χ4n) is 4.34. The van der Waals surface area contributed by atoms with Gasteiger partial charge in [-0.25, -0.2) is 0 Å². The van der Waals surface area contributed by atoms with Gasteiger partial charge in [-0.05, 0) is 35.2 Å². The second-order valence-corrected chi connectivity index (χ2v) is 7.58. The lowest BCUT2D eigenvalue weighted by Gasteiger charge is -2.38. The Kier molecular flexibility index (Phi) is 5.08. The van der Waals surface area contributed by atoms with E-state index in [9.17, 15) is 0 Å². The average molecular weight is 364 g/mol. The van der Waals surface area contributed by atoms with Crippen LogP contribution in [-0.4, -0.2) is 4.98 Å². The quantitative estimate of drug-likeness (QED) is 0.339. The molecule has 0 fully saturated rings. The Morgan fingerprint density at radius 1 is 0.857 bits per heavy atom. The van der Waals surface area contributed by atoms with Crippen LogP contribution in [0.5, 0.6) is 0 Å². The molecule has 1 heterocycles. The molecule has 0 aliphatic heterocycles. The van der Waals surface area contributed by atoms with Gasteiger partial charge < -0.3 is 0 Å². The van der Waals surface area contributed by atoms with E-state index in [2.05, 4.69) is 98.4 Å². The second-order valence-electron chi connectivity index (χ2n) is 7.58. The molecule has 0 bridgehead atoms. The Hall–Kier alpha value is -3.19. The van der Waals surface area contributed by atoms with Gasteiger partial charge in [-0.1, -0.05) is 91.9 Å². The Balaban J connectivity index is 1.95. The highest BCUT2D eigenvalue weighted by Crippen LogP contribution is 2.46. The van der Waals surface area contributed by atoms with Crippen molar-refractivity contribution >= 4 is 10.9 Å². The molecule has 0 N–H and O–H groups in total. The Morgan fingerprint density at radius 2 is 1.50 bits per heavy atom. The van der Waals surface area contributed by atoms with Gasteiger partial charge >= 0.3 is 0 Å². The van der Waals surface area contributed by atoms with Gasteiger partial charge in [0.1, 0.15) is 0 Å². The summed E-state index contributed by atoms with van der Waals surface area (Å²) in [7, 11) is 0. The normalized spacial score (nSPS) is 14.3. The topological polar surface area (TPSA) is 12.9 Å². The Bertz CT molecular complexity index is 1070. The van der Waals surface area contributed by atoms with Crippen LogP contribution in [0.3, 0.4) is 0 Å². The summed E-state index contributed by atoms with van der Waals surface area (Å²) in [6.07, 6.45) is 4.96. The van der Waals surface area contributed by atoms with Crippen molar-refractivity contribution in [2.24, 2.45) is 0 Å². The first-order chi connectivity index (χ1) is 13.7. The molecule has 0 radical (unpaired) electrons. The molecule has 2 unspecified atom stereocenters. The zero-order valence-corrected chi connectivity index (χ0v) is 16.3. The van der Waals surface area contributed by atoms with Gasteiger partial charge in [0.05, 0.1) is 5.52 Å². The van der Waals surface area contributed by atoms with E-state index in [0.717, 1.165) is 11.9 Å². The highest BCUT2D eigenvalue weighted by Gasteiger charge is 2.37. The summed E-state index contributed by atoms with van der Waals surface area (Å²) in [5.41, 5.74) is 4.75. The van der Waals surface area contributed by atoms with Crippen molar-refractivity contribution in [1.29, 1.82) is 0 Å². The average Bonchev–Trinajstić information content (AvgIpc) is 2.75. The molecule has 0 saturated carbocycles. The van der Waals surface area contributed by atoms with Crippen molar-refractivity contribution in [2.45, 2.75) is 24.7 Å². The van der Waals surface area contributed by atoms with Gasteiger partial charge in [0.2, 0.25) is 0 Å². The van der Waals surface area contributed by atoms with Gasteiger partial charge in [-0.15, -0.1) is 6.58 Å². The SMILES string of the molecule is C=CCC(C)(c1ccccc1)C(c1ccccc1)c1cnc2ccccc2c1. The molecule has 4 rings (SSSR count). The van der Waals surface area contributed by atoms with E-state index >= 15 is 0 Å². The van der Waals surface area contributed by atoms with Gasteiger partial charge in [0, 0.05) is 22.9 Å². The number of benzene rings is 3. The number of hydrogen-bond acceptors (Lipinski definition) is 1. The van der Waals surface area contributed by atoms with Crippen LogP contribution in [-0.2, 0) is 5.41 Å². The van der Waals surface area contributed by atoms with E-state index in [0.29, 0.717) is 0 Å². The fourth-order valence-corrected chi connectivity index (χ4v) is 4.34. The molecule has 3 aromatic carbocycles. The van der Waals surface area contributed by atoms with E-state index in [1.54, 1.807) is 0 Å². The summed E-state index contributed by atoms with van der Waals surface area (Å²) >= 11 is 0. The zero-order valence-electron chi connectivity index (χ0n) is 16.3. The van der Waals surface area contributed by atoms with Crippen molar-refractivity contribution in [2.75, 3.05) is 0 Å². The van der Waals surface area contributed by atoms with E-state index in [-0.39, 0.29) is 11.3 Å². The third-order valence-electron chi connectivity index (χ3n) is 5.72. The fraction of sp³-hybridized carbons (Fsp3) is 0.148. The molecule has 1 nitrogen and oxygen atoms in total. The van der Waals surface area contributed by atoms with Gasteiger partial charge in [-0.2, -0.15) is 0 Å². The lowest BCUT2D eigenvalue weighted by Crippen LogP contribution is -2.31. The van der Waals surface area contributed by atoms with Crippen LogP contribution in [0.15, 0.2) is 110 Å². The van der Waals surface area contributed by atoms with Crippen LogP contribution in [0, 0.1) is 0 Å². The Morgan fingerprint density at radius 3 is 2.21 bits per heavy atom. The standard InChI is InChI=1S/C27H25N/c1-3-18-27(2,24-15-8-5-9-16-24)26(21-12-6-4-7-13-21)23-19-22-14-10-11-17-25(22)28-20-23/h3-17,19-20,26H,1,18H2,2H3. The summed E-state index contributed by atoms with van der Waals surface area (Å²) in [4.78, 5) is 4.77. The minimum atomic E-state index is -0.130.